The molecule has 6 nitrogen and oxygen atoms in total. The van der Waals surface area contributed by atoms with Gasteiger partial charge in [0.15, 0.2) is 0 Å². The van der Waals surface area contributed by atoms with Crippen molar-refractivity contribution >= 4 is 38.5 Å². The van der Waals surface area contributed by atoms with Crippen molar-refractivity contribution in [2.45, 2.75) is 13.5 Å². The van der Waals surface area contributed by atoms with Crippen molar-refractivity contribution in [2.75, 3.05) is 6.61 Å². The van der Waals surface area contributed by atoms with Crippen LogP contribution in [0.15, 0.2) is 53.0 Å². The lowest BCUT2D eigenvalue weighted by molar-refractivity contribution is -0.384. The maximum Gasteiger partial charge on any atom is 0.354 e. The highest BCUT2D eigenvalue weighted by molar-refractivity contribution is 9.10. The van der Waals surface area contributed by atoms with Gasteiger partial charge in [-0.15, -0.1) is 0 Å². The Labute approximate surface area is 152 Å². The van der Waals surface area contributed by atoms with Crippen LogP contribution in [0.1, 0.15) is 23.0 Å². The van der Waals surface area contributed by atoms with Gasteiger partial charge < -0.3 is 9.30 Å². The Morgan fingerprint density at radius 1 is 1.20 bits per heavy atom. The molecule has 0 saturated carbocycles. The number of ether oxygens (including phenoxy) is 1. The van der Waals surface area contributed by atoms with Gasteiger partial charge in [0.25, 0.3) is 5.69 Å². The van der Waals surface area contributed by atoms with Crippen LogP contribution in [-0.4, -0.2) is 22.1 Å². The van der Waals surface area contributed by atoms with E-state index in [4.69, 9.17) is 4.74 Å². The van der Waals surface area contributed by atoms with Crippen molar-refractivity contribution in [3.63, 3.8) is 0 Å². The predicted octanol–water partition coefficient (Wildman–Crippen LogP) is 4.54. The maximum absolute atomic E-state index is 12.3. The van der Waals surface area contributed by atoms with Crippen LogP contribution >= 0.6 is 15.9 Å². The molecule has 0 N–H and O–H groups in total. The number of non-ortho nitro benzene ring substituents is 1. The third-order valence-electron chi connectivity index (χ3n) is 3.84. The van der Waals surface area contributed by atoms with E-state index in [9.17, 15) is 14.9 Å². The lowest BCUT2D eigenvalue weighted by Gasteiger charge is -2.10. The van der Waals surface area contributed by atoms with E-state index in [1.165, 1.54) is 12.1 Å². The van der Waals surface area contributed by atoms with Crippen LogP contribution in [0.3, 0.4) is 0 Å². The molecule has 1 aromatic heterocycles. The molecule has 0 amide bonds. The summed E-state index contributed by atoms with van der Waals surface area (Å²) in [6.45, 7) is 2.47. The average Bonchev–Trinajstić information content (AvgIpc) is 2.93. The van der Waals surface area contributed by atoms with Gasteiger partial charge in [-0.25, -0.2) is 4.79 Å². The second-order valence-electron chi connectivity index (χ2n) is 5.46. The van der Waals surface area contributed by atoms with Gasteiger partial charge in [0, 0.05) is 34.1 Å². The van der Waals surface area contributed by atoms with E-state index >= 15 is 0 Å². The highest BCUT2D eigenvalue weighted by Crippen LogP contribution is 2.26. The fourth-order valence-corrected chi connectivity index (χ4v) is 3.07. The second-order valence-corrected chi connectivity index (χ2v) is 6.38. The summed E-state index contributed by atoms with van der Waals surface area (Å²) < 4.78 is 7.94. The molecule has 0 bridgehead atoms. The van der Waals surface area contributed by atoms with Crippen LogP contribution in [0, 0.1) is 10.1 Å². The Morgan fingerprint density at radius 3 is 2.56 bits per heavy atom. The number of benzene rings is 2. The van der Waals surface area contributed by atoms with Crippen LogP contribution in [0.4, 0.5) is 5.69 Å². The first-order valence-corrected chi connectivity index (χ1v) is 8.48. The van der Waals surface area contributed by atoms with Crippen molar-refractivity contribution in [2.24, 2.45) is 0 Å². The number of esters is 1. The number of rotatable bonds is 5. The average molecular weight is 403 g/mol. The molecule has 25 heavy (non-hydrogen) atoms. The Balaban J connectivity index is 2.04. The zero-order valence-corrected chi connectivity index (χ0v) is 15.0. The van der Waals surface area contributed by atoms with Gasteiger partial charge in [-0.05, 0) is 36.8 Å². The summed E-state index contributed by atoms with van der Waals surface area (Å²) in [5, 5.41) is 11.7. The Morgan fingerprint density at radius 2 is 1.92 bits per heavy atom. The lowest BCUT2D eigenvalue weighted by Crippen LogP contribution is -2.12. The fourth-order valence-electron chi connectivity index (χ4n) is 2.69. The number of aromatic nitrogens is 1. The molecule has 0 unspecified atom stereocenters. The summed E-state index contributed by atoms with van der Waals surface area (Å²) >= 11 is 3.43. The first-order chi connectivity index (χ1) is 12.0. The summed E-state index contributed by atoms with van der Waals surface area (Å²) in [5.41, 5.74) is 2.24. The van der Waals surface area contributed by atoms with Crippen molar-refractivity contribution < 1.29 is 14.5 Å². The van der Waals surface area contributed by atoms with Gasteiger partial charge in [0.1, 0.15) is 5.69 Å². The third kappa shape index (κ3) is 3.56. The van der Waals surface area contributed by atoms with Gasteiger partial charge >= 0.3 is 5.97 Å². The van der Waals surface area contributed by atoms with Crippen molar-refractivity contribution in [3.8, 4) is 0 Å². The van der Waals surface area contributed by atoms with Crippen LogP contribution in [-0.2, 0) is 11.3 Å². The normalized spacial score (nSPS) is 10.8. The standard InChI is InChI=1S/C18H15BrN2O4/c1-2-25-18(22)17-10-13-9-14(19)5-8-16(13)20(17)11-12-3-6-15(7-4-12)21(23)24/h3-10H,2,11H2,1H3. The summed E-state index contributed by atoms with van der Waals surface area (Å²) in [4.78, 5) is 22.7. The fraction of sp³-hybridized carbons (Fsp3) is 0.167. The number of carbonyl (C=O) groups is 1. The molecule has 7 heteroatoms. The summed E-state index contributed by atoms with van der Waals surface area (Å²) in [6, 6.07) is 13.9. The van der Waals surface area contributed by atoms with Crippen LogP contribution < -0.4 is 0 Å². The lowest BCUT2D eigenvalue weighted by atomic mass is 10.2. The number of carbonyl (C=O) groups excluding carboxylic acids is 1. The molecule has 0 atom stereocenters. The monoisotopic (exact) mass is 402 g/mol. The molecule has 0 aliphatic carbocycles. The molecule has 3 aromatic rings. The number of nitro benzene ring substituents is 1. The first-order valence-electron chi connectivity index (χ1n) is 7.69. The van der Waals surface area contributed by atoms with E-state index < -0.39 is 10.9 Å². The van der Waals surface area contributed by atoms with E-state index in [2.05, 4.69) is 15.9 Å². The quantitative estimate of drug-likeness (QED) is 0.356. The number of fused-ring (bicyclic) bond motifs is 1. The van der Waals surface area contributed by atoms with E-state index in [0.29, 0.717) is 18.8 Å². The van der Waals surface area contributed by atoms with Crippen molar-refractivity contribution in [1.29, 1.82) is 0 Å². The summed E-state index contributed by atoms with van der Waals surface area (Å²) in [7, 11) is 0. The predicted molar refractivity (Wildman–Crippen MR) is 97.8 cm³/mol. The minimum Gasteiger partial charge on any atom is -0.461 e. The molecule has 0 radical (unpaired) electrons. The molecule has 0 fully saturated rings. The van der Waals surface area contributed by atoms with Gasteiger partial charge in [0.2, 0.25) is 0 Å². The largest absolute Gasteiger partial charge is 0.461 e. The smallest absolute Gasteiger partial charge is 0.354 e. The molecular weight excluding hydrogens is 388 g/mol. The van der Waals surface area contributed by atoms with Crippen LogP contribution in [0.5, 0.6) is 0 Å². The molecule has 0 saturated heterocycles. The highest BCUT2D eigenvalue weighted by Gasteiger charge is 2.17. The molecule has 0 spiro atoms. The number of hydrogen-bond acceptors (Lipinski definition) is 4. The molecule has 128 valence electrons. The topological polar surface area (TPSA) is 74.4 Å². The molecule has 1 heterocycles. The van der Waals surface area contributed by atoms with Crippen molar-refractivity contribution in [3.05, 3.63) is 74.4 Å². The third-order valence-corrected chi connectivity index (χ3v) is 4.33. The van der Waals surface area contributed by atoms with Gasteiger partial charge in [-0.3, -0.25) is 10.1 Å². The zero-order chi connectivity index (χ0) is 18.0. The molecular formula is C18H15BrN2O4. The van der Waals surface area contributed by atoms with Gasteiger partial charge in [-0.1, -0.05) is 28.1 Å². The Hall–Kier alpha value is -2.67. The minimum atomic E-state index is -0.434. The molecule has 0 aliphatic rings. The number of halogens is 1. The van der Waals surface area contributed by atoms with Crippen LogP contribution in [0.2, 0.25) is 0 Å². The van der Waals surface area contributed by atoms with E-state index in [0.717, 1.165) is 20.9 Å². The van der Waals surface area contributed by atoms with E-state index in [1.54, 1.807) is 25.1 Å². The zero-order valence-electron chi connectivity index (χ0n) is 13.4. The number of nitro groups is 1. The molecule has 2 aromatic carbocycles. The molecule has 3 rings (SSSR count). The van der Waals surface area contributed by atoms with Crippen LogP contribution in [0.25, 0.3) is 10.9 Å². The maximum atomic E-state index is 12.3. The molecule has 0 aliphatic heterocycles. The second kappa shape index (κ2) is 7.06. The Kier molecular flexibility index (Phi) is 4.85. The Bertz CT molecular complexity index is 948. The highest BCUT2D eigenvalue weighted by atomic mass is 79.9. The van der Waals surface area contributed by atoms with E-state index in [-0.39, 0.29) is 5.69 Å². The minimum absolute atomic E-state index is 0.0376. The van der Waals surface area contributed by atoms with Crippen molar-refractivity contribution in [1.82, 2.24) is 4.57 Å². The number of nitrogens with zero attached hydrogens (tertiary/aromatic N) is 2. The number of hydrogen-bond donors (Lipinski definition) is 0. The SMILES string of the molecule is CCOC(=O)c1cc2cc(Br)ccc2n1Cc1ccc([N+](=O)[O-])cc1. The van der Waals surface area contributed by atoms with Gasteiger partial charge in [-0.2, -0.15) is 0 Å². The van der Waals surface area contributed by atoms with E-state index in [1.807, 2.05) is 22.8 Å². The first kappa shape index (κ1) is 17.2. The summed E-state index contributed by atoms with van der Waals surface area (Å²) in [5.74, 6) is -0.392. The summed E-state index contributed by atoms with van der Waals surface area (Å²) in [6.07, 6.45) is 0. The van der Waals surface area contributed by atoms with Gasteiger partial charge in [0.05, 0.1) is 11.5 Å².